The van der Waals surface area contributed by atoms with Crippen LogP contribution in [0.1, 0.15) is 17.0 Å². The summed E-state index contributed by atoms with van der Waals surface area (Å²) in [5, 5.41) is 3.74. The van der Waals surface area contributed by atoms with Gasteiger partial charge in [-0.2, -0.15) is 13.2 Å². The summed E-state index contributed by atoms with van der Waals surface area (Å²) in [5.74, 6) is 0.310. The van der Waals surface area contributed by atoms with E-state index in [-0.39, 0.29) is 6.54 Å². The van der Waals surface area contributed by atoms with Crippen molar-refractivity contribution in [3.8, 4) is 17.1 Å². The summed E-state index contributed by atoms with van der Waals surface area (Å²) in [6, 6.07) is 3.61. The fraction of sp³-hybridized carbons (Fsp3) is 0.200. The molecule has 158 valence electrons. The molecule has 1 aromatic carbocycles. The molecule has 3 aromatic heterocycles. The molecule has 0 spiro atoms. The first-order valence-electron chi connectivity index (χ1n) is 9.09. The van der Waals surface area contributed by atoms with E-state index >= 15 is 0 Å². The Morgan fingerprint density at radius 1 is 0.935 bits per heavy atom. The molecule has 0 amide bonds. The quantitative estimate of drug-likeness (QED) is 0.513. The standard InChI is InChI=1S/C20H16F3N7O/c1-11-5-24-17(25-6-11)13-3-14-16(15(4-13)31-2)29-10-30-18(14)26-7-12-8-27-19(28-9-12)20(21,22)23/h3-6,8-10H,7H2,1-2H3,(H,26,29,30). The molecule has 0 aliphatic heterocycles. The largest absolute Gasteiger partial charge is 0.494 e. The van der Waals surface area contributed by atoms with Gasteiger partial charge in [-0.05, 0) is 24.6 Å². The fourth-order valence-electron chi connectivity index (χ4n) is 2.88. The van der Waals surface area contributed by atoms with Crippen LogP contribution in [0.25, 0.3) is 22.3 Å². The number of nitrogens with zero attached hydrogens (tertiary/aromatic N) is 6. The Hall–Kier alpha value is -3.89. The van der Waals surface area contributed by atoms with Gasteiger partial charge in [0.25, 0.3) is 0 Å². The van der Waals surface area contributed by atoms with Crippen LogP contribution >= 0.6 is 0 Å². The van der Waals surface area contributed by atoms with Crippen LogP contribution in [0.15, 0.2) is 43.2 Å². The lowest BCUT2D eigenvalue weighted by atomic mass is 10.1. The fourth-order valence-corrected chi connectivity index (χ4v) is 2.88. The van der Waals surface area contributed by atoms with E-state index in [1.807, 2.05) is 13.0 Å². The Bertz CT molecular complexity index is 1210. The predicted octanol–water partition coefficient (Wildman–Crippen LogP) is 3.82. The maximum absolute atomic E-state index is 12.6. The van der Waals surface area contributed by atoms with E-state index in [9.17, 15) is 13.2 Å². The van der Waals surface area contributed by atoms with Gasteiger partial charge < -0.3 is 10.1 Å². The van der Waals surface area contributed by atoms with Crippen LogP contribution in [0, 0.1) is 6.92 Å². The van der Waals surface area contributed by atoms with Crippen molar-refractivity contribution in [3.63, 3.8) is 0 Å². The monoisotopic (exact) mass is 427 g/mol. The van der Waals surface area contributed by atoms with E-state index in [4.69, 9.17) is 4.74 Å². The maximum atomic E-state index is 12.6. The van der Waals surface area contributed by atoms with E-state index < -0.39 is 12.0 Å². The van der Waals surface area contributed by atoms with Crippen molar-refractivity contribution in [3.05, 3.63) is 60.2 Å². The third kappa shape index (κ3) is 4.34. The van der Waals surface area contributed by atoms with Crippen molar-refractivity contribution < 1.29 is 17.9 Å². The lowest BCUT2D eigenvalue weighted by Crippen LogP contribution is -2.12. The van der Waals surface area contributed by atoms with Gasteiger partial charge in [-0.3, -0.25) is 0 Å². The summed E-state index contributed by atoms with van der Waals surface area (Å²) in [6.07, 6.45) is 2.46. The molecular weight excluding hydrogens is 411 g/mol. The second-order valence-electron chi connectivity index (χ2n) is 6.65. The molecule has 11 heteroatoms. The molecule has 8 nitrogen and oxygen atoms in total. The average molecular weight is 427 g/mol. The van der Waals surface area contributed by atoms with Crippen LogP contribution in [0.2, 0.25) is 0 Å². The third-order valence-corrected chi connectivity index (χ3v) is 4.38. The number of rotatable bonds is 5. The SMILES string of the molecule is COc1cc(-c2ncc(C)cn2)cc2c(NCc3cnc(C(F)(F)F)nc3)ncnc12. The summed E-state index contributed by atoms with van der Waals surface area (Å²) < 4.78 is 43.4. The molecule has 0 bridgehead atoms. The van der Waals surface area contributed by atoms with Gasteiger partial charge in [0.15, 0.2) is 5.82 Å². The Labute approximate surface area is 174 Å². The molecule has 0 saturated carbocycles. The van der Waals surface area contributed by atoms with Gasteiger partial charge >= 0.3 is 6.18 Å². The van der Waals surface area contributed by atoms with Crippen molar-refractivity contribution >= 4 is 16.7 Å². The summed E-state index contributed by atoms with van der Waals surface area (Å²) in [6.45, 7) is 2.06. The highest BCUT2D eigenvalue weighted by Gasteiger charge is 2.34. The van der Waals surface area contributed by atoms with Gasteiger partial charge in [0.05, 0.1) is 7.11 Å². The van der Waals surface area contributed by atoms with Crippen molar-refractivity contribution in [2.45, 2.75) is 19.6 Å². The molecule has 31 heavy (non-hydrogen) atoms. The Kier molecular flexibility index (Phi) is 5.32. The average Bonchev–Trinajstić information content (AvgIpc) is 2.77. The van der Waals surface area contributed by atoms with E-state index in [0.29, 0.717) is 39.4 Å². The Morgan fingerprint density at radius 2 is 1.65 bits per heavy atom. The maximum Gasteiger partial charge on any atom is 0.451 e. The predicted molar refractivity (Wildman–Crippen MR) is 106 cm³/mol. The van der Waals surface area contributed by atoms with Crippen molar-refractivity contribution in [2.75, 3.05) is 12.4 Å². The lowest BCUT2D eigenvalue weighted by Gasteiger charge is -2.12. The van der Waals surface area contributed by atoms with Gasteiger partial charge in [-0.15, -0.1) is 0 Å². The lowest BCUT2D eigenvalue weighted by molar-refractivity contribution is -0.145. The van der Waals surface area contributed by atoms with Crippen LogP contribution in [0.3, 0.4) is 0 Å². The number of aryl methyl sites for hydroxylation is 1. The first-order valence-corrected chi connectivity index (χ1v) is 9.09. The van der Waals surface area contributed by atoms with Gasteiger partial charge in [0.2, 0.25) is 5.82 Å². The summed E-state index contributed by atoms with van der Waals surface area (Å²) in [5.41, 5.74) is 2.67. The number of methoxy groups -OCH3 is 1. The minimum atomic E-state index is -4.58. The minimum absolute atomic E-state index is 0.165. The first kappa shape index (κ1) is 20.4. The number of hydrogen-bond acceptors (Lipinski definition) is 8. The summed E-state index contributed by atoms with van der Waals surface area (Å²) in [4.78, 5) is 24.0. The number of hydrogen-bond donors (Lipinski definition) is 1. The highest BCUT2D eigenvalue weighted by Crippen LogP contribution is 2.33. The molecule has 1 N–H and O–H groups in total. The number of ether oxygens (including phenoxy) is 1. The molecule has 0 aliphatic carbocycles. The zero-order valence-electron chi connectivity index (χ0n) is 16.5. The van der Waals surface area contributed by atoms with Crippen molar-refractivity contribution in [1.29, 1.82) is 0 Å². The van der Waals surface area contributed by atoms with Gasteiger partial charge in [0, 0.05) is 47.8 Å². The first-order chi connectivity index (χ1) is 14.8. The molecule has 0 aliphatic rings. The zero-order chi connectivity index (χ0) is 22.0. The molecule has 0 radical (unpaired) electrons. The van der Waals surface area contributed by atoms with Crippen LogP contribution < -0.4 is 10.1 Å². The van der Waals surface area contributed by atoms with E-state index in [1.54, 1.807) is 18.5 Å². The van der Waals surface area contributed by atoms with Crippen molar-refractivity contribution in [2.24, 2.45) is 0 Å². The Morgan fingerprint density at radius 3 is 2.29 bits per heavy atom. The number of benzene rings is 1. The summed E-state index contributed by atoms with van der Waals surface area (Å²) in [7, 11) is 1.53. The number of aromatic nitrogens is 6. The molecule has 4 aromatic rings. The van der Waals surface area contributed by atoms with E-state index in [2.05, 4.69) is 35.2 Å². The third-order valence-electron chi connectivity index (χ3n) is 4.38. The van der Waals surface area contributed by atoms with Crippen LogP contribution in [0.5, 0.6) is 5.75 Å². The number of halogens is 3. The molecule has 0 unspecified atom stereocenters. The van der Waals surface area contributed by atoms with Crippen molar-refractivity contribution in [1.82, 2.24) is 29.9 Å². The van der Waals surface area contributed by atoms with E-state index in [0.717, 1.165) is 18.0 Å². The molecule has 3 heterocycles. The number of alkyl halides is 3. The second kappa shape index (κ2) is 8.09. The summed E-state index contributed by atoms with van der Waals surface area (Å²) >= 11 is 0. The highest BCUT2D eigenvalue weighted by molar-refractivity contribution is 5.96. The number of anilines is 1. The Balaban J connectivity index is 1.67. The molecule has 0 atom stereocenters. The zero-order valence-corrected chi connectivity index (χ0v) is 16.5. The van der Waals surface area contributed by atoms with Crippen LogP contribution in [0.4, 0.5) is 19.0 Å². The van der Waals surface area contributed by atoms with Gasteiger partial charge in [0.1, 0.15) is 23.4 Å². The minimum Gasteiger partial charge on any atom is -0.494 e. The normalized spacial score (nSPS) is 11.5. The van der Waals surface area contributed by atoms with Crippen LogP contribution in [-0.2, 0) is 12.7 Å². The highest BCUT2D eigenvalue weighted by atomic mass is 19.4. The number of nitrogens with one attached hydrogen (secondary N) is 1. The van der Waals surface area contributed by atoms with Crippen LogP contribution in [-0.4, -0.2) is 37.0 Å². The molecule has 0 saturated heterocycles. The van der Waals surface area contributed by atoms with Gasteiger partial charge in [-0.25, -0.2) is 29.9 Å². The number of fused-ring (bicyclic) bond motifs is 1. The second-order valence-corrected chi connectivity index (χ2v) is 6.65. The van der Waals surface area contributed by atoms with Gasteiger partial charge in [-0.1, -0.05) is 0 Å². The molecular formula is C20H16F3N7O. The topological polar surface area (TPSA) is 98.6 Å². The smallest absolute Gasteiger partial charge is 0.451 e. The molecule has 0 fully saturated rings. The molecule has 4 rings (SSSR count). The van der Waals surface area contributed by atoms with E-state index in [1.165, 1.54) is 13.4 Å².